The van der Waals surface area contributed by atoms with Crippen LogP contribution < -0.4 is 0 Å². The molecule has 0 aliphatic rings. The zero-order valence-corrected chi connectivity index (χ0v) is 27.9. The van der Waals surface area contributed by atoms with Gasteiger partial charge < -0.3 is 13.2 Å². The van der Waals surface area contributed by atoms with Crippen LogP contribution in [0.5, 0.6) is 0 Å². The lowest BCUT2D eigenvalue weighted by molar-refractivity contribution is 1.15. The number of pyridine rings is 5. The van der Waals surface area contributed by atoms with Crippen LogP contribution in [0.1, 0.15) is 16.7 Å². The minimum atomic E-state index is 0.862. The SMILES string of the molecule is Brc1ccc(Br)nc1.Cc1cc2ccccn2c1.Cc1cc2ccccn2c1-c1ccc(-c2c(C)cc3ccccn23)nc1. The van der Waals surface area contributed by atoms with Crippen LogP contribution >= 0.6 is 31.9 Å². The highest BCUT2D eigenvalue weighted by Gasteiger charge is 2.13. The van der Waals surface area contributed by atoms with E-state index in [9.17, 15) is 0 Å². The third kappa shape index (κ3) is 6.39. The van der Waals surface area contributed by atoms with Gasteiger partial charge in [-0.3, -0.25) is 4.98 Å². The molecule has 0 spiro atoms. The second-order valence-electron chi connectivity index (χ2n) is 10.6. The lowest BCUT2D eigenvalue weighted by Gasteiger charge is -2.08. The predicted molar refractivity (Wildman–Crippen MR) is 188 cm³/mol. The van der Waals surface area contributed by atoms with Crippen molar-refractivity contribution in [1.82, 2.24) is 23.2 Å². The van der Waals surface area contributed by atoms with Crippen molar-refractivity contribution in [2.45, 2.75) is 20.8 Å². The van der Waals surface area contributed by atoms with Crippen LogP contribution in [-0.2, 0) is 0 Å². The molecule has 0 N–H and O–H groups in total. The molecule has 44 heavy (non-hydrogen) atoms. The highest BCUT2D eigenvalue weighted by Crippen LogP contribution is 2.30. The minimum absolute atomic E-state index is 0.862. The van der Waals surface area contributed by atoms with Crippen molar-refractivity contribution in [1.29, 1.82) is 0 Å². The standard InChI is InChI=1S/C23H19N3.C9H9N.C5H3Br2N/c1-16-13-19-7-3-5-11-25(19)22(16)18-9-10-21(24-15-18)23-17(2)14-20-8-4-6-12-26(20)23;1-8-6-9-4-2-3-5-10(9)7-8;6-4-1-2-5(7)8-3-4/h3-15H,1-2H3;2-7H,1H3;1-3H. The second kappa shape index (κ2) is 13.0. The molecule has 0 saturated heterocycles. The van der Waals surface area contributed by atoms with Gasteiger partial charge in [-0.1, -0.05) is 18.2 Å². The molecule has 8 heterocycles. The molecule has 0 aromatic carbocycles. The number of aryl methyl sites for hydroxylation is 3. The van der Waals surface area contributed by atoms with Gasteiger partial charge in [-0.15, -0.1) is 0 Å². The summed E-state index contributed by atoms with van der Waals surface area (Å²) in [6.45, 7) is 6.40. The van der Waals surface area contributed by atoms with Crippen LogP contribution in [0.25, 0.3) is 39.2 Å². The van der Waals surface area contributed by atoms with Gasteiger partial charge in [-0.2, -0.15) is 0 Å². The summed E-state index contributed by atoms with van der Waals surface area (Å²) in [5.41, 5.74) is 12.0. The highest BCUT2D eigenvalue weighted by molar-refractivity contribution is 9.11. The molecule has 8 aromatic rings. The van der Waals surface area contributed by atoms with Gasteiger partial charge in [0, 0.05) is 63.8 Å². The predicted octanol–water partition coefficient (Wildman–Crippen LogP) is 10.4. The Labute approximate surface area is 273 Å². The maximum Gasteiger partial charge on any atom is 0.106 e. The van der Waals surface area contributed by atoms with E-state index < -0.39 is 0 Å². The van der Waals surface area contributed by atoms with Gasteiger partial charge >= 0.3 is 0 Å². The fourth-order valence-corrected chi connectivity index (χ4v) is 5.91. The van der Waals surface area contributed by atoms with Gasteiger partial charge in [-0.05, 0) is 148 Å². The monoisotopic (exact) mass is 703 g/mol. The number of rotatable bonds is 2. The molecule has 0 unspecified atom stereocenters. The fourth-order valence-electron chi connectivity index (χ4n) is 5.44. The highest BCUT2D eigenvalue weighted by atomic mass is 79.9. The normalized spacial score (nSPS) is 10.8. The second-order valence-corrected chi connectivity index (χ2v) is 12.4. The molecule has 7 heteroatoms. The van der Waals surface area contributed by atoms with Gasteiger partial charge in [0.2, 0.25) is 0 Å². The largest absolute Gasteiger partial charge is 0.324 e. The van der Waals surface area contributed by atoms with Crippen molar-refractivity contribution in [3.8, 4) is 22.6 Å². The van der Waals surface area contributed by atoms with E-state index in [1.807, 2.05) is 24.4 Å². The molecular formula is C37H31Br2N5. The average molecular weight is 705 g/mol. The number of hydrogen-bond acceptors (Lipinski definition) is 2. The van der Waals surface area contributed by atoms with Crippen LogP contribution in [0.15, 0.2) is 143 Å². The molecule has 5 nitrogen and oxygen atoms in total. The molecular weight excluding hydrogens is 674 g/mol. The quantitative estimate of drug-likeness (QED) is 0.168. The van der Waals surface area contributed by atoms with Crippen molar-refractivity contribution in [3.05, 3.63) is 160 Å². The Kier molecular flexibility index (Phi) is 8.77. The first-order valence-corrected chi connectivity index (χ1v) is 15.9. The topological polar surface area (TPSA) is 39.0 Å². The maximum absolute atomic E-state index is 4.80. The number of halogens is 2. The summed E-state index contributed by atoms with van der Waals surface area (Å²) in [6.07, 6.45) is 12.1. The molecule has 8 rings (SSSR count). The van der Waals surface area contributed by atoms with Gasteiger partial charge in [0.25, 0.3) is 0 Å². The van der Waals surface area contributed by atoms with Crippen molar-refractivity contribution in [2.75, 3.05) is 0 Å². The molecule has 0 atom stereocenters. The van der Waals surface area contributed by atoms with Gasteiger partial charge in [0.05, 0.1) is 17.1 Å². The Balaban J connectivity index is 0.000000155. The first kappa shape index (κ1) is 29.6. The first-order valence-electron chi connectivity index (χ1n) is 14.3. The average Bonchev–Trinajstić information content (AvgIpc) is 3.69. The molecule has 218 valence electrons. The molecule has 0 aliphatic carbocycles. The smallest absolute Gasteiger partial charge is 0.106 e. The number of hydrogen-bond donors (Lipinski definition) is 0. The fraction of sp³-hybridized carbons (Fsp3) is 0.0811. The molecule has 0 aliphatic heterocycles. The van der Waals surface area contributed by atoms with E-state index in [0.717, 1.165) is 26.0 Å². The Morgan fingerprint density at radius 1 is 0.568 bits per heavy atom. The Morgan fingerprint density at radius 3 is 1.80 bits per heavy atom. The summed E-state index contributed by atoms with van der Waals surface area (Å²) in [5.74, 6) is 0. The van der Waals surface area contributed by atoms with Crippen molar-refractivity contribution >= 4 is 48.4 Å². The molecule has 0 fully saturated rings. The van der Waals surface area contributed by atoms with Gasteiger partial charge in [-0.25, -0.2) is 4.98 Å². The first-order chi connectivity index (χ1) is 21.4. The molecule has 0 saturated carbocycles. The van der Waals surface area contributed by atoms with Crippen LogP contribution in [0.4, 0.5) is 0 Å². The van der Waals surface area contributed by atoms with E-state index in [0.29, 0.717) is 0 Å². The van der Waals surface area contributed by atoms with Gasteiger partial charge in [0.1, 0.15) is 4.60 Å². The maximum atomic E-state index is 4.80. The molecule has 0 amide bonds. The van der Waals surface area contributed by atoms with E-state index in [1.54, 1.807) is 6.20 Å². The van der Waals surface area contributed by atoms with Crippen LogP contribution in [0.3, 0.4) is 0 Å². The summed E-state index contributed by atoms with van der Waals surface area (Å²) in [5, 5.41) is 0. The molecule has 0 radical (unpaired) electrons. The van der Waals surface area contributed by atoms with Crippen LogP contribution in [0, 0.1) is 20.8 Å². The number of aromatic nitrogens is 5. The molecule has 8 aromatic heterocycles. The van der Waals surface area contributed by atoms with E-state index in [-0.39, 0.29) is 0 Å². The summed E-state index contributed by atoms with van der Waals surface area (Å²) in [6, 6.07) is 33.4. The summed E-state index contributed by atoms with van der Waals surface area (Å²) < 4.78 is 8.41. The van der Waals surface area contributed by atoms with Crippen molar-refractivity contribution in [3.63, 3.8) is 0 Å². The number of fused-ring (bicyclic) bond motifs is 3. The summed E-state index contributed by atoms with van der Waals surface area (Å²) in [7, 11) is 0. The van der Waals surface area contributed by atoms with E-state index in [4.69, 9.17) is 4.98 Å². The Morgan fingerprint density at radius 2 is 1.20 bits per heavy atom. The zero-order valence-electron chi connectivity index (χ0n) is 24.7. The minimum Gasteiger partial charge on any atom is -0.324 e. The zero-order chi connectivity index (χ0) is 30.6. The summed E-state index contributed by atoms with van der Waals surface area (Å²) in [4.78, 5) is 8.75. The third-order valence-corrected chi connectivity index (χ3v) is 8.29. The Bertz CT molecular complexity index is 2020. The van der Waals surface area contributed by atoms with E-state index in [2.05, 4.69) is 174 Å². The van der Waals surface area contributed by atoms with Crippen molar-refractivity contribution in [2.24, 2.45) is 0 Å². The lowest BCUT2D eigenvalue weighted by Crippen LogP contribution is -1.93. The van der Waals surface area contributed by atoms with Gasteiger partial charge in [0.15, 0.2) is 0 Å². The van der Waals surface area contributed by atoms with Crippen molar-refractivity contribution < 1.29 is 0 Å². The summed E-state index contributed by atoms with van der Waals surface area (Å²) >= 11 is 6.48. The van der Waals surface area contributed by atoms with Crippen LogP contribution in [-0.4, -0.2) is 23.2 Å². The lowest BCUT2D eigenvalue weighted by atomic mass is 10.1. The van der Waals surface area contributed by atoms with E-state index in [1.165, 1.54) is 38.9 Å². The number of nitrogens with zero attached hydrogens (tertiary/aromatic N) is 5. The molecule has 0 bridgehead atoms. The Hall–Kier alpha value is -4.46. The third-order valence-electron chi connectivity index (χ3n) is 7.35. The van der Waals surface area contributed by atoms with E-state index >= 15 is 0 Å². The van der Waals surface area contributed by atoms with Crippen LogP contribution in [0.2, 0.25) is 0 Å².